The van der Waals surface area contributed by atoms with Crippen LogP contribution in [0, 0.1) is 0 Å². The third-order valence-electron chi connectivity index (χ3n) is 5.78. The number of carbonyl (C=O) groups is 2. The first kappa shape index (κ1) is 22.9. The van der Waals surface area contributed by atoms with Gasteiger partial charge in [-0.15, -0.1) is 0 Å². The van der Waals surface area contributed by atoms with Crippen LogP contribution in [0.4, 0.5) is 15.4 Å². The number of hydrogen-bond acceptors (Lipinski definition) is 6. The molecule has 1 aromatic carbocycles. The van der Waals surface area contributed by atoms with E-state index in [1.54, 1.807) is 4.90 Å². The van der Waals surface area contributed by atoms with Crippen molar-refractivity contribution in [3.05, 3.63) is 59.3 Å². The molecule has 2 amide bonds. The van der Waals surface area contributed by atoms with Gasteiger partial charge in [-0.2, -0.15) is 0 Å². The molecule has 8 heteroatoms. The first-order valence-corrected chi connectivity index (χ1v) is 11.4. The number of hydrogen-bond donors (Lipinski definition) is 1. The minimum Gasteiger partial charge on any atom is -0.444 e. The number of amides is 2. The van der Waals surface area contributed by atoms with Crippen LogP contribution in [0.3, 0.4) is 0 Å². The number of alkyl carbamates (subject to hydrolysis) is 1. The van der Waals surface area contributed by atoms with Gasteiger partial charge in [0.25, 0.3) is 0 Å². The van der Waals surface area contributed by atoms with Crippen molar-refractivity contribution < 1.29 is 19.1 Å². The topological polar surface area (TPSA) is 84.0 Å². The van der Waals surface area contributed by atoms with Gasteiger partial charge in [0.2, 0.25) is 0 Å². The molecule has 2 atom stereocenters. The number of pyridine rings is 1. The minimum absolute atomic E-state index is 0.102. The molecule has 2 aliphatic heterocycles. The van der Waals surface area contributed by atoms with Gasteiger partial charge in [0.05, 0.1) is 11.7 Å². The highest BCUT2D eigenvalue weighted by molar-refractivity contribution is 5.70. The summed E-state index contributed by atoms with van der Waals surface area (Å²) in [6.45, 7) is 9.44. The molecular weight excluding hydrogens is 420 g/mol. The SMILES string of the molecule is CC1CN(C(=O)OC(C)(C)C)CC2Cc3ccc(COC(=O)NCc4ccccc4)nc3N12. The molecule has 1 aromatic heterocycles. The van der Waals surface area contributed by atoms with Crippen molar-refractivity contribution >= 4 is 18.0 Å². The number of nitrogens with one attached hydrogen (secondary N) is 1. The van der Waals surface area contributed by atoms with Crippen molar-refractivity contribution in [2.75, 3.05) is 18.0 Å². The molecule has 176 valence electrons. The van der Waals surface area contributed by atoms with Crippen LogP contribution < -0.4 is 10.2 Å². The summed E-state index contributed by atoms with van der Waals surface area (Å²) in [5.74, 6) is 0.919. The van der Waals surface area contributed by atoms with Crippen molar-refractivity contribution in [2.45, 2.75) is 65.0 Å². The highest BCUT2D eigenvalue weighted by atomic mass is 16.6. The van der Waals surface area contributed by atoms with E-state index in [2.05, 4.69) is 17.1 Å². The summed E-state index contributed by atoms with van der Waals surface area (Å²) in [5.41, 5.74) is 2.34. The molecule has 1 N–H and O–H groups in total. The van der Waals surface area contributed by atoms with Gasteiger partial charge in [-0.25, -0.2) is 14.6 Å². The average molecular weight is 453 g/mol. The molecule has 1 saturated heterocycles. The summed E-state index contributed by atoms with van der Waals surface area (Å²) in [6, 6.07) is 13.9. The predicted molar refractivity (Wildman–Crippen MR) is 125 cm³/mol. The molecule has 0 radical (unpaired) electrons. The van der Waals surface area contributed by atoms with Crippen molar-refractivity contribution in [1.82, 2.24) is 15.2 Å². The van der Waals surface area contributed by atoms with Crippen LogP contribution in [0.25, 0.3) is 0 Å². The van der Waals surface area contributed by atoms with Crippen LogP contribution >= 0.6 is 0 Å². The Labute approximate surface area is 194 Å². The van der Waals surface area contributed by atoms with Crippen molar-refractivity contribution in [3.63, 3.8) is 0 Å². The Kier molecular flexibility index (Phi) is 6.44. The van der Waals surface area contributed by atoms with Crippen LogP contribution in [0.1, 0.15) is 44.5 Å². The van der Waals surface area contributed by atoms with Crippen molar-refractivity contribution in [1.29, 1.82) is 0 Å². The number of rotatable bonds is 4. The fourth-order valence-corrected chi connectivity index (χ4v) is 4.40. The Hall–Kier alpha value is -3.29. The second-order valence-corrected chi connectivity index (χ2v) is 9.70. The first-order valence-electron chi connectivity index (χ1n) is 11.4. The molecule has 33 heavy (non-hydrogen) atoms. The lowest BCUT2D eigenvalue weighted by atomic mass is 10.1. The first-order chi connectivity index (χ1) is 15.7. The second-order valence-electron chi connectivity index (χ2n) is 9.70. The van der Waals surface area contributed by atoms with E-state index in [0.29, 0.717) is 25.3 Å². The molecule has 1 fully saturated rings. The number of carbonyl (C=O) groups excluding carboxylic acids is 2. The Balaban J connectivity index is 1.35. The largest absolute Gasteiger partial charge is 0.444 e. The molecule has 0 bridgehead atoms. The molecular formula is C25H32N4O4. The lowest BCUT2D eigenvalue weighted by Crippen LogP contribution is -2.58. The molecule has 2 aromatic rings. The number of benzene rings is 1. The van der Waals surface area contributed by atoms with E-state index in [4.69, 9.17) is 14.5 Å². The molecule has 4 rings (SSSR count). The summed E-state index contributed by atoms with van der Waals surface area (Å²) in [5, 5.41) is 2.76. The van der Waals surface area contributed by atoms with Crippen LogP contribution in [0.5, 0.6) is 0 Å². The van der Waals surface area contributed by atoms with Gasteiger partial charge in [0, 0.05) is 25.7 Å². The maximum atomic E-state index is 12.6. The normalized spacial score (nSPS) is 19.5. The third-order valence-corrected chi connectivity index (χ3v) is 5.78. The highest BCUT2D eigenvalue weighted by Gasteiger charge is 2.41. The number of nitrogens with zero attached hydrogens (tertiary/aromatic N) is 3. The molecule has 0 saturated carbocycles. The van der Waals surface area contributed by atoms with E-state index in [0.717, 1.165) is 23.4 Å². The fraction of sp³-hybridized carbons (Fsp3) is 0.480. The molecule has 8 nitrogen and oxygen atoms in total. The zero-order chi connectivity index (χ0) is 23.6. The standard InChI is InChI=1S/C25H32N4O4/c1-17-14-28(24(31)33-25(2,3)4)15-21-12-19-10-11-20(27-22(19)29(17)21)16-32-23(30)26-13-18-8-6-5-7-9-18/h5-11,17,21H,12-16H2,1-4H3,(H,26,30). The fourth-order valence-electron chi connectivity index (χ4n) is 4.40. The van der Waals surface area contributed by atoms with E-state index in [1.807, 2.05) is 63.2 Å². The maximum absolute atomic E-state index is 12.6. The molecule has 0 aliphatic carbocycles. The van der Waals surface area contributed by atoms with Gasteiger partial charge in [-0.3, -0.25) is 0 Å². The van der Waals surface area contributed by atoms with Crippen molar-refractivity contribution in [3.8, 4) is 0 Å². The molecule has 2 aliphatic rings. The Morgan fingerprint density at radius 1 is 1.12 bits per heavy atom. The maximum Gasteiger partial charge on any atom is 0.410 e. The Morgan fingerprint density at radius 2 is 1.88 bits per heavy atom. The van der Waals surface area contributed by atoms with Gasteiger partial charge >= 0.3 is 12.2 Å². The Morgan fingerprint density at radius 3 is 2.61 bits per heavy atom. The average Bonchev–Trinajstić information content (AvgIpc) is 3.14. The van der Waals surface area contributed by atoms with Gasteiger partial charge in [-0.05, 0) is 51.3 Å². The van der Waals surface area contributed by atoms with Gasteiger partial charge in [0.1, 0.15) is 18.0 Å². The monoisotopic (exact) mass is 452 g/mol. The smallest absolute Gasteiger partial charge is 0.410 e. The summed E-state index contributed by atoms with van der Waals surface area (Å²) >= 11 is 0. The number of aromatic nitrogens is 1. The van der Waals surface area contributed by atoms with E-state index >= 15 is 0 Å². The highest BCUT2D eigenvalue weighted by Crippen LogP contribution is 2.35. The predicted octanol–water partition coefficient (Wildman–Crippen LogP) is 3.88. The number of piperazine rings is 1. The minimum atomic E-state index is -0.514. The molecule has 2 unspecified atom stereocenters. The summed E-state index contributed by atoms with van der Waals surface area (Å²) in [4.78, 5) is 33.5. The van der Waals surface area contributed by atoms with Crippen molar-refractivity contribution in [2.24, 2.45) is 0 Å². The zero-order valence-corrected chi connectivity index (χ0v) is 19.7. The number of fused-ring (bicyclic) bond motifs is 3. The van der Waals surface area contributed by atoms with E-state index in [1.165, 1.54) is 0 Å². The Bertz CT molecular complexity index is 1010. The molecule has 3 heterocycles. The van der Waals surface area contributed by atoms with E-state index in [9.17, 15) is 9.59 Å². The lowest BCUT2D eigenvalue weighted by Gasteiger charge is -2.43. The van der Waals surface area contributed by atoms with Gasteiger partial charge in [-0.1, -0.05) is 36.4 Å². The van der Waals surface area contributed by atoms with Gasteiger partial charge < -0.3 is 24.6 Å². The summed E-state index contributed by atoms with van der Waals surface area (Å²) < 4.78 is 10.9. The van der Waals surface area contributed by atoms with Crippen LogP contribution in [-0.2, 0) is 29.0 Å². The second kappa shape index (κ2) is 9.29. The lowest BCUT2D eigenvalue weighted by molar-refractivity contribution is 0.0191. The number of ether oxygens (including phenoxy) is 2. The third kappa shape index (κ3) is 5.56. The van der Waals surface area contributed by atoms with E-state index < -0.39 is 11.7 Å². The van der Waals surface area contributed by atoms with Crippen LogP contribution in [-0.4, -0.2) is 52.8 Å². The zero-order valence-electron chi connectivity index (χ0n) is 19.7. The van der Waals surface area contributed by atoms with E-state index in [-0.39, 0.29) is 24.8 Å². The van der Waals surface area contributed by atoms with Crippen LogP contribution in [0.15, 0.2) is 42.5 Å². The van der Waals surface area contributed by atoms with Crippen LogP contribution in [0.2, 0.25) is 0 Å². The molecule has 0 spiro atoms. The summed E-state index contributed by atoms with van der Waals surface area (Å²) in [6.07, 6.45) is 0.0805. The quantitative estimate of drug-likeness (QED) is 0.758. The van der Waals surface area contributed by atoms with Gasteiger partial charge in [0.15, 0.2) is 0 Å². The summed E-state index contributed by atoms with van der Waals surface area (Å²) in [7, 11) is 0. The number of anilines is 1.